The molecule has 0 fully saturated rings. The molecule has 0 radical (unpaired) electrons. The van der Waals surface area contributed by atoms with E-state index in [0.717, 1.165) is 18.4 Å². The van der Waals surface area contributed by atoms with Gasteiger partial charge in [-0.05, 0) is 22.0 Å². The van der Waals surface area contributed by atoms with E-state index in [4.69, 9.17) is 5.11 Å². The predicted octanol–water partition coefficient (Wildman–Crippen LogP) is 1.89. The van der Waals surface area contributed by atoms with Crippen molar-refractivity contribution in [3.63, 3.8) is 0 Å². The maximum atomic E-state index is 12.1. The molecule has 4 nitrogen and oxygen atoms in total. The number of sulfonamides is 1. The highest BCUT2D eigenvalue weighted by Gasteiger charge is 2.27. The van der Waals surface area contributed by atoms with Gasteiger partial charge in [0.1, 0.15) is 4.90 Å². The van der Waals surface area contributed by atoms with Crippen LogP contribution in [-0.2, 0) is 16.6 Å². The van der Waals surface area contributed by atoms with Crippen LogP contribution < -0.4 is 0 Å². The van der Waals surface area contributed by atoms with Crippen molar-refractivity contribution in [1.82, 2.24) is 4.31 Å². The number of thiophene rings is 1. The molecule has 1 aromatic heterocycles. The van der Waals surface area contributed by atoms with Crippen LogP contribution in [-0.4, -0.2) is 37.8 Å². The van der Waals surface area contributed by atoms with Crippen molar-refractivity contribution >= 4 is 37.3 Å². The van der Waals surface area contributed by atoms with Gasteiger partial charge in [-0.1, -0.05) is 0 Å². The third kappa shape index (κ3) is 3.44. The van der Waals surface area contributed by atoms with Gasteiger partial charge < -0.3 is 5.11 Å². The Morgan fingerprint density at radius 1 is 1.59 bits per heavy atom. The molecule has 0 aliphatic carbocycles. The Kier molecular flexibility index (Phi) is 5.02. The second-order valence-electron chi connectivity index (χ2n) is 3.19. The van der Waals surface area contributed by atoms with Crippen LogP contribution in [0.15, 0.2) is 14.7 Å². The van der Waals surface area contributed by atoms with Crippen LogP contribution in [0.5, 0.6) is 0 Å². The largest absolute Gasteiger partial charge is 0.391 e. The first-order chi connectivity index (χ1) is 7.78. The van der Waals surface area contributed by atoms with Crippen LogP contribution >= 0.6 is 27.3 Å². The molecule has 0 spiro atoms. The van der Waals surface area contributed by atoms with Gasteiger partial charge in [0.15, 0.2) is 0 Å². The molecular formula is C8H10BrF2NO3S2. The summed E-state index contributed by atoms with van der Waals surface area (Å²) in [7, 11) is -2.86. The maximum Gasteiger partial charge on any atom is 0.252 e. The molecule has 1 N–H and O–H groups in total. The van der Waals surface area contributed by atoms with Crippen molar-refractivity contribution in [2.45, 2.75) is 17.9 Å². The zero-order chi connectivity index (χ0) is 13.2. The molecule has 0 saturated heterocycles. The van der Waals surface area contributed by atoms with E-state index in [1.807, 2.05) is 0 Å². The van der Waals surface area contributed by atoms with Gasteiger partial charge in [-0.2, -0.15) is 4.31 Å². The molecule has 0 aliphatic rings. The van der Waals surface area contributed by atoms with Crippen molar-refractivity contribution in [3.05, 3.63) is 14.7 Å². The average Bonchev–Trinajstić information content (AvgIpc) is 2.59. The summed E-state index contributed by atoms with van der Waals surface area (Å²) in [5.41, 5.74) is 0. The summed E-state index contributed by atoms with van der Waals surface area (Å²) in [5, 5.41) is 8.89. The highest BCUT2D eigenvalue weighted by molar-refractivity contribution is 9.11. The van der Waals surface area contributed by atoms with E-state index in [1.165, 1.54) is 6.07 Å². The molecular weight excluding hydrogens is 340 g/mol. The maximum absolute atomic E-state index is 12.1. The van der Waals surface area contributed by atoms with Crippen molar-refractivity contribution in [2.75, 3.05) is 13.6 Å². The van der Waals surface area contributed by atoms with Gasteiger partial charge in [0, 0.05) is 11.9 Å². The Morgan fingerprint density at radius 3 is 2.59 bits per heavy atom. The highest BCUT2D eigenvalue weighted by Crippen LogP contribution is 2.33. The van der Waals surface area contributed by atoms with Crippen molar-refractivity contribution in [1.29, 1.82) is 0 Å². The number of alkyl halides is 2. The first-order valence-corrected chi connectivity index (χ1v) is 7.47. The van der Waals surface area contributed by atoms with Crippen molar-refractivity contribution in [2.24, 2.45) is 0 Å². The molecule has 0 unspecified atom stereocenters. The molecule has 0 atom stereocenters. The van der Waals surface area contributed by atoms with E-state index in [-0.39, 0.29) is 11.5 Å². The number of rotatable bonds is 5. The van der Waals surface area contributed by atoms with Crippen LogP contribution in [0.25, 0.3) is 0 Å². The number of halogens is 3. The number of hydrogen-bond acceptors (Lipinski definition) is 4. The van der Waals surface area contributed by atoms with Gasteiger partial charge in [0.2, 0.25) is 10.0 Å². The normalized spacial score (nSPS) is 12.6. The summed E-state index contributed by atoms with van der Waals surface area (Å²) in [5.74, 6) is 0. The van der Waals surface area contributed by atoms with Gasteiger partial charge in [0.05, 0.1) is 16.9 Å². The summed E-state index contributed by atoms with van der Waals surface area (Å²) in [6.45, 7) is -1.16. The Labute approximate surface area is 110 Å². The van der Waals surface area contributed by atoms with Gasteiger partial charge in [-0.3, -0.25) is 0 Å². The summed E-state index contributed by atoms with van der Waals surface area (Å²) in [4.78, 5) is 0.343. The third-order valence-electron chi connectivity index (χ3n) is 1.95. The molecule has 0 aromatic carbocycles. The SMILES string of the molecule is CN(CC(F)F)S(=O)(=O)c1cc(CO)sc1Br. The standard InChI is InChI=1S/C8H10BrF2NO3S2/c1-12(3-7(10)11)17(14,15)6-2-5(4-13)16-8(6)9/h2,7,13H,3-4H2,1H3. The minimum atomic E-state index is -3.95. The first kappa shape index (κ1) is 15.0. The lowest BCUT2D eigenvalue weighted by Crippen LogP contribution is -2.31. The van der Waals surface area contributed by atoms with E-state index in [9.17, 15) is 17.2 Å². The zero-order valence-corrected chi connectivity index (χ0v) is 11.9. The average molecular weight is 350 g/mol. The zero-order valence-electron chi connectivity index (χ0n) is 8.73. The molecule has 1 rings (SSSR count). The van der Waals surface area contributed by atoms with Crippen LogP contribution in [0.3, 0.4) is 0 Å². The van der Waals surface area contributed by atoms with Gasteiger partial charge in [-0.15, -0.1) is 11.3 Å². The van der Waals surface area contributed by atoms with E-state index in [2.05, 4.69) is 15.9 Å². The molecule has 98 valence electrons. The molecule has 0 bridgehead atoms. The Morgan fingerprint density at radius 2 is 2.18 bits per heavy atom. The summed E-state index contributed by atoms with van der Waals surface area (Å²) >= 11 is 4.09. The molecule has 1 heterocycles. The Hall–Kier alpha value is -0.0900. The summed E-state index contributed by atoms with van der Waals surface area (Å²) in [6.07, 6.45) is -2.73. The molecule has 0 saturated carbocycles. The van der Waals surface area contributed by atoms with Crippen LogP contribution in [0.1, 0.15) is 4.88 Å². The number of nitrogens with zero attached hydrogens (tertiary/aromatic N) is 1. The topological polar surface area (TPSA) is 57.6 Å². The fourth-order valence-corrected chi connectivity index (χ4v) is 4.75. The number of aliphatic hydroxyl groups excluding tert-OH is 1. The Balaban J connectivity index is 3.08. The molecule has 17 heavy (non-hydrogen) atoms. The monoisotopic (exact) mass is 349 g/mol. The minimum absolute atomic E-state index is 0.102. The third-order valence-corrected chi connectivity index (χ3v) is 6.01. The lowest BCUT2D eigenvalue weighted by molar-refractivity contribution is 0.126. The first-order valence-electron chi connectivity index (χ1n) is 4.42. The molecule has 9 heteroatoms. The minimum Gasteiger partial charge on any atom is -0.391 e. The predicted molar refractivity (Wildman–Crippen MR) is 63.8 cm³/mol. The van der Waals surface area contributed by atoms with Gasteiger partial charge in [-0.25, -0.2) is 17.2 Å². The van der Waals surface area contributed by atoms with E-state index in [1.54, 1.807) is 0 Å². The number of hydrogen-bond donors (Lipinski definition) is 1. The quantitative estimate of drug-likeness (QED) is 0.882. The van der Waals surface area contributed by atoms with Gasteiger partial charge in [0.25, 0.3) is 6.43 Å². The summed E-state index contributed by atoms with van der Waals surface area (Å²) < 4.78 is 49.0. The lowest BCUT2D eigenvalue weighted by Gasteiger charge is -2.15. The smallest absolute Gasteiger partial charge is 0.252 e. The van der Waals surface area contributed by atoms with Gasteiger partial charge >= 0.3 is 0 Å². The molecule has 0 amide bonds. The lowest BCUT2D eigenvalue weighted by atomic mass is 10.5. The fourth-order valence-electron chi connectivity index (χ4n) is 1.11. The second-order valence-corrected chi connectivity index (χ2v) is 7.65. The second kappa shape index (κ2) is 5.70. The van der Waals surface area contributed by atoms with E-state index in [0.29, 0.717) is 13.0 Å². The van der Waals surface area contributed by atoms with E-state index >= 15 is 0 Å². The van der Waals surface area contributed by atoms with Crippen molar-refractivity contribution < 1.29 is 22.3 Å². The number of aliphatic hydroxyl groups is 1. The summed E-state index contributed by atoms with van der Waals surface area (Å²) in [6, 6.07) is 1.27. The fraction of sp³-hybridized carbons (Fsp3) is 0.500. The Bertz CT molecular complexity index is 489. The van der Waals surface area contributed by atoms with E-state index < -0.39 is 23.0 Å². The van der Waals surface area contributed by atoms with Crippen LogP contribution in [0, 0.1) is 0 Å². The molecule has 0 aliphatic heterocycles. The highest BCUT2D eigenvalue weighted by atomic mass is 79.9. The van der Waals surface area contributed by atoms with Crippen LogP contribution in [0.4, 0.5) is 8.78 Å². The molecule has 1 aromatic rings. The van der Waals surface area contributed by atoms with Crippen molar-refractivity contribution in [3.8, 4) is 0 Å². The van der Waals surface area contributed by atoms with Crippen LogP contribution in [0.2, 0.25) is 0 Å².